The van der Waals surface area contributed by atoms with Crippen LogP contribution in [-0.2, 0) is 40.2 Å². The van der Waals surface area contributed by atoms with E-state index in [4.69, 9.17) is 14.2 Å². The number of aromatic nitrogens is 1. The van der Waals surface area contributed by atoms with Crippen molar-refractivity contribution in [2.75, 3.05) is 37.6 Å². The van der Waals surface area contributed by atoms with Crippen molar-refractivity contribution in [3.63, 3.8) is 0 Å². The lowest BCUT2D eigenvalue weighted by molar-refractivity contribution is -0.185. The van der Waals surface area contributed by atoms with Gasteiger partial charge >= 0.3 is 6.18 Å². The fourth-order valence-corrected chi connectivity index (χ4v) is 6.89. The largest absolute Gasteiger partial charge is 0.427 e. The summed E-state index contributed by atoms with van der Waals surface area (Å²) < 4.78 is 59.4. The maximum Gasteiger partial charge on any atom is 0.427 e. The molecule has 1 aromatic heterocycles. The number of ether oxygens (including phenoxy) is 3. The van der Waals surface area contributed by atoms with Crippen LogP contribution in [0.3, 0.4) is 0 Å². The fraction of sp³-hybridized carbons (Fsp3) is 0.400. The highest BCUT2D eigenvalue weighted by Crippen LogP contribution is 2.38. The average Bonchev–Trinajstić information content (AvgIpc) is 3.74. The van der Waals surface area contributed by atoms with Gasteiger partial charge in [-0.25, -0.2) is 4.98 Å². The average molecular weight is 638 g/mol. The number of hydrogen-bond donors (Lipinski definition) is 0. The first kappa shape index (κ1) is 31.7. The topological polar surface area (TPSA) is 47.1 Å². The molecule has 2 saturated heterocycles. The van der Waals surface area contributed by atoms with Crippen LogP contribution in [0.1, 0.15) is 28.0 Å². The molecule has 4 atom stereocenters. The molecule has 2 aliphatic rings. The Kier molecular flexibility index (Phi) is 10.5. The summed E-state index contributed by atoms with van der Waals surface area (Å²) in [5.74, 6) is 0.287. The van der Waals surface area contributed by atoms with E-state index in [-0.39, 0.29) is 24.2 Å². The number of thiazole rings is 1. The third-order valence-corrected chi connectivity index (χ3v) is 9.46. The second kappa shape index (κ2) is 14.9. The summed E-state index contributed by atoms with van der Waals surface area (Å²) in [5.41, 5.74) is 3.27. The first-order valence-corrected chi connectivity index (χ1v) is 16.2. The van der Waals surface area contributed by atoms with Gasteiger partial charge in [-0.15, -0.1) is 0 Å². The number of alkyl halides is 3. The second-order valence-corrected chi connectivity index (χ2v) is 12.8. The van der Waals surface area contributed by atoms with Gasteiger partial charge in [-0.3, -0.25) is 4.90 Å². The number of hydrogen-bond acceptors (Lipinski definition) is 7. The van der Waals surface area contributed by atoms with Crippen molar-refractivity contribution in [2.45, 2.75) is 50.7 Å². The van der Waals surface area contributed by atoms with Crippen LogP contribution in [0.15, 0.2) is 97.2 Å². The Balaban J connectivity index is 1.17. The van der Waals surface area contributed by atoms with Crippen LogP contribution in [0.25, 0.3) is 0 Å². The number of halogens is 3. The van der Waals surface area contributed by atoms with E-state index >= 15 is 0 Å². The molecule has 0 aliphatic carbocycles. The molecule has 0 radical (unpaired) electrons. The van der Waals surface area contributed by atoms with Gasteiger partial charge in [0.1, 0.15) is 11.0 Å². The van der Waals surface area contributed by atoms with Crippen molar-refractivity contribution in [3.05, 3.63) is 119 Å². The SMILES string of the molecule is FC(F)(F)c1cnc(N2CC[C@H](CN3C[C@H](OCc4ccccc4)C(OCc4ccccc4)[C@H](OCc4ccccc4)C3)C2)s1. The molecule has 6 rings (SSSR count). The van der Waals surface area contributed by atoms with E-state index in [1.54, 1.807) is 0 Å². The molecule has 0 spiro atoms. The van der Waals surface area contributed by atoms with Crippen molar-refractivity contribution in [1.29, 1.82) is 0 Å². The summed E-state index contributed by atoms with van der Waals surface area (Å²) in [6.07, 6.45) is -3.31. The van der Waals surface area contributed by atoms with E-state index in [9.17, 15) is 13.2 Å². The summed E-state index contributed by atoms with van der Waals surface area (Å²) in [5, 5.41) is 0.436. The summed E-state index contributed by atoms with van der Waals surface area (Å²) >= 11 is 0.719. The normalized spacial score (nSPS) is 22.6. The Morgan fingerprint density at radius 3 is 1.71 bits per heavy atom. The highest BCUT2D eigenvalue weighted by molar-refractivity contribution is 7.15. The van der Waals surface area contributed by atoms with E-state index in [0.29, 0.717) is 51.1 Å². The standard InChI is InChI=1S/C35H38F3N3O3S/c36-35(37,38)32-18-39-34(45-32)41-17-16-29(20-41)19-40-21-30(42-23-26-10-4-1-5-11-26)33(44-25-28-14-8-3-9-15-28)31(22-40)43-24-27-12-6-2-7-13-27/h1-15,18,29-31,33H,16-17,19-25H2/t29-,30-,31+,33?/m1/s1. The predicted octanol–water partition coefficient (Wildman–Crippen LogP) is 7.06. The van der Waals surface area contributed by atoms with Crippen molar-refractivity contribution in [1.82, 2.24) is 9.88 Å². The molecule has 0 amide bonds. The van der Waals surface area contributed by atoms with Gasteiger partial charge in [-0.2, -0.15) is 13.2 Å². The van der Waals surface area contributed by atoms with E-state index in [1.165, 1.54) is 0 Å². The van der Waals surface area contributed by atoms with Crippen LogP contribution in [0.2, 0.25) is 0 Å². The molecule has 238 valence electrons. The van der Waals surface area contributed by atoms with E-state index < -0.39 is 11.1 Å². The molecule has 6 nitrogen and oxygen atoms in total. The monoisotopic (exact) mass is 637 g/mol. The molecule has 4 aromatic rings. The lowest BCUT2D eigenvalue weighted by Gasteiger charge is -2.43. The van der Waals surface area contributed by atoms with Crippen molar-refractivity contribution in [2.24, 2.45) is 5.92 Å². The summed E-state index contributed by atoms with van der Waals surface area (Å²) in [6.45, 7) is 4.85. The van der Waals surface area contributed by atoms with Gasteiger partial charge in [0.2, 0.25) is 0 Å². The molecule has 3 heterocycles. The molecule has 3 aromatic carbocycles. The van der Waals surface area contributed by atoms with Crippen LogP contribution in [0, 0.1) is 5.92 Å². The van der Waals surface area contributed by atoms with E-state index in [1.807, 2.05) is 59.5 Å². The quantitative estimate of drug-likeness (QED) is 0.166. The minimum absolute atomic E-state index is 0.241. The van der Waals surface area contributed by atoms with Gasteiger partial charge in [0, 0.05) is 32.7 Å². The number of rotatable bonds is 12. The molecule has 2 fully saturated rings. The Morgan fingerprint density at radius 2 is 1.22 bits per heavy atom. The lowest BCUT2D eigenvalue weighted by atomic mass is 9.98. The minimum atomic E-state index is -4.37. The number of benzene rings is 3. The maximum atomic E-state index is 13.2. The third-order valence-electron chi connectivity index (χ3n) is 8.35. The van der Waals surface area contributed by atoms with Crippen LogP contribution in [0.5, 0.6) is 0 Å². The van der Waals surface area contributed by atoms with Crippen LogP contribution >= 0.6 is 11.3 Å². The van der Waals surface area contributed by atoms with Gasteiger partial charge in [-0.1, -0.05) is 102 Å². The minimum Gasteiger partial charge on any atom is -0.369 e. The highest BCUT2D eigenvalue weighted by Gasteiger charge is 2.41. The fourth-order valence-electron chi connectivity index (χ4n) is 6.07. The predicted molar refractivity (Wildman–Crippen MR) is 169 cm³/mol. The maximum absolute atomic E-state index is 13.2. The number of anilines is 1. The third kappa shape index (κ3) is 8.71. The molecule has 0 saturated carbocycles. The summed E-state index contributed by atoms with van der Waals surface area (Å²) in [6, 6.07) is 30.4. The van der Waals surface area contributed by atoms with Crippen LogP contribution in [-0.4, -0.2) is 60.9 Å². The van der Waals surface area contributed by atoms with E-state index in [2.05, 4.69) is 46.3 Å². The molecule has 2 aliphatic heterocycles. The zero-order valence-electron chi connectivity index (χ0n) is 25.0. The van der Waals surface area contributed by atoms with Gasteiger partial charge in [0.05, 0.1) is 38.2 Å². The summed E-state index contributed by atoms with van der Waals surface area (Å²) in [7, 11) is 0. The Morgan fingerprint density at radius 1 is 0.711 bits per heavy atom. The zero-order chi connectivity index (χ0) is 31.1. The first-order valence-electron chi connectivity index (χ1n) is 15.4. The molecule has 0 N–H and O–H groups in total. The van der Waals surface area contributed by atoms with Crippen LogP contribution < -0.4 is 4.90 Å². The van der Waals surface area contributed by atoms with Gasteiger partial charge in [-0.05, 0) is 29.0 Å². The smallest absolute Gasteiger partial charge is 0.369 e. The molecule has 10 heteroatoms. The van der Waals surface area contributed by atoms with Crippen molar-refractivity contribution in [3.8, 4) is 0 Å². The number of likely N-dealkylation sites (tertiary alicyclic amines) is 1. The lowest BCUT2D eigenvalue weighted by Crippen LogP contribution is -2.58. The Bertz CT molecular complexity index is 1410. The number of nitrogens with zero attached hydrogens (tertiary/aromatic N) is 3. The Hall–Kier alpha value is -3.28. The molecular formula is C35H38F3N3O3S. The van der Waals surface area contributed by atoms with E-state index in [0.717, 1.165) is 47.2 Å². The molecule has 0 bridgehead atoms. The van der Waals surface area contributed by atoms with Gasteiger partial charge in [0.15, 0.2) is 5.13 Å². The zero-order valence-corrected chi connectivity index (χ0v) is 25.8. The number of piperidine rings is 1. The summed E-state index contributed by atoms with van der Waals surface area (Å²) in [4.78, 5) is 7.79. The van der Waals surface area contributed by atoms with Gasteiger partial charge in [0.25, 0.3) is 0 Å². The Labute approximate surface area is 266 Å². The van der Waals surface area contributed by atoms with Crippen LogP contribution in [0.4, 0.5) is 18.3 Å². The molecular weight excluding hydrogens is 599 g/mol. The first-order chi connectivity index (χ1) is 21.9. The highest BCUT2D eigenvalue weighted by atomic mass is 32.1. The molecule has 1 unspecified atom stereocenters. The van der Waals surface area contributed by atoms with Gasteiger partial charge < -0.3 is 19.1 Å². The van der Waals surface area contributed by atoms with Crippen molar-refractivity contribution < 1.29 is 27.4 Å². The second-order valence-electron chi connectivity index (χ2n) is 11.8. The van der Waals surface area contributed by atoms with Crippen molar-refractivity contribution >= 4 is 16.5 Å². The molecule has 45 heavy (non-hydrogen) atoms.